The number of aromatic nitrogens is 2. The van der Waals surface area contributed by atoms with Crippen LogP contribution >= 0.6 is 11.3 Å². The predicted molar refractivity (Wildman–Crippen MR) is 136 cm³/mol. The summed E-state index contributed by atoms with van der Waals surface area (Å²) >= 11 is 1.71. The van der Waals surface area contributed by atoms with Crippen LogP contribution in [0.2, 0.25) is 0 Å². The molecule has 2 aromatic rings. The van der Waals surface area contributed by atoms with Crippen molar-refractivity contribution in [3.63, 3.8) is 0 Å². The molecule has 0 spiro atoms. The lowest BCUT2D eigenvalue weighted by Gasteiger charge is -2.26. The van der Waals surface area contributed by atoms with Crippen LogP contribution in [0.15, 0.2) is 76.0 Å². The van der Waals surface area contributed by atoms with Gasteiger partial charge in [-0.05, 0) is 75.5 Å². The summed E-state index contributed by atoms with van der Waals surface area (Å²) in [6, 6.07) is 4.00. The van der Waals surface area contributed by atoms with Gasteiger partial charge in [-0.1, -0.05) is 13.0 Å². The summed E-state index contributed by atoms with van der Waals surface area (Å²) in [6.45, 7) is 11.0. The first kappa shape index (κ1) is 23.2. The van der Waals surface area contributed by atoms with E-state index in [4.69, 9.17) is 19.5 Å². The predicted octanol–water partition coefficient (Wildman–Crippen LogP) is 7.12. The molecule has 0 aliphatic carbocycles. The van der Waals surface area contributed by atoms with Crippen molar-refractivity contribution < 1.29 is 9.47 Å². The number of fused-ring (bicyclic) bond motifs is 1. The van der Waals surface area contributed by atoms with Crippen molar-refractivity contribution in [1.29, 1.82) is 0 Å². The summed E-state index contributed by atoms with van der Waals surface area (Å²) in [7, 11) is 0. The van der Waals surface area contributed by atoms with E-state index in [1.807, 2.05) is 32.3 Å². The molecular formula is C27H31N3O2S. The van der Waals surface area contributed by atoms with E-state index in [0.717, 1.165) is 46.9 Å². The third kappa shape index (κ3) is 5.33. The largest absolute Gasteiger partial charge is 0.496 e. The molecule has 0 saturated carbocycles. The second kappa shape index (κ2) is 10.3. The van der Waals surface area contributed by atoms with Gasteiger partial charge in [0.25, 0.3) is 0 Å². The molecular weight excluding hydrogens is 430 g/mol. The molecule has 2 aliphatic heterocycles. The van der Waals surface area contributed by atoms with Gasteiger partial charge in [0, 0.05) is 41.8 Å². The summed E-state index contributed by atoms with van der Waals surface area (Å²) in [5, 5.41) is 0.980. The first-order valence-electron chi connectivity index (χ1n) is 11.5. The number of aliphatic imine (C=N–C) groups is 1. The van der Waals surface area contributed by atoms with E-state index >= 15 is 0 Å². The van der Waals surface area contributed by atoms with Gasteiger partial charge in [-0.25, -0.2) is 9.98 Å². The summed E-state index contributed by atoms with van der Waals surface area (Å²) in [5.74, 6) is 1.63. The van der Waals surface area contributed by atoms with Crippen molar-refractivity contribution in [2.45, 2.75) is 60.0 Å². The monoisotopic (exact) mass is 461 g/mol. The lowest BCUT2D eigenvalue weighted by molar-refractivity contribution is 0.149. The Bertz CT molecular complexity index is 1170. The van der Waals surface area contributed by atoms with Crippen LogP contribution in [0.5, 0.6) is 0 Å². The molecule has 172 valence electrons. The molecule has 33 heavy (non-hydrogen) atoms. The first-order valence-corrected chi connectivity index (χ1v) is 12.3. The SMILES string of the molecule is CC/C1=C(\c2cnc(-c3cccnc3)s2)CC=C(C)N=C2OCCC(/C=C(/C)OC(C)C)=C21. The first-order chi connectivity index (χ1) is 16.0. The number of thiazole rings is 1. The normalized spacial score (nSPS) is 19.4. The molecule has 0 atom stereocenters. The van der Waals surface area contributed by atoms with E-state index in [1.165, 1.54) is 21.6 Å². The lowest BCUT2D eigenvalue weighted by atomic mass is 9.88. The van der Waals surface area contributed by atoms with Gasteiger partial charge in [-0.3, -0.25) is 4.98 Å². The lowest BCUT2D eigenvalue weighted by Crippen LogP contribution is -2.21. The highest BCUT2D eigenvalue weighted by atomic mass is 32.1. The van der Waals surface area contributed by atoms with Crippen LogP contribution in [0.4, 0.5) is 0 Å². The average molecular weight is 462 g/mol. The Morgan fingerprint density at radius 1 is 1.30 bits per heavy atom. The molecule has 4 rings (SSSR count). The standard InChI is InChI=1S/C27H31N3O2S/c1-6-22-23(24-16-29-27(33-24)21-8-7-12-28-15-21)10-9-18(4)30-26-25(22)20(11-13-31-26)14-19(5)32-17(2)3/h7-9,12,14-17H,6,10-11,13H2,1-5H3/b18-9?,19-14-,23-22+,30-26?. The number of hydrogen-bond acceptors (Lipinski definition) is 6. The zero-order valence-corrected chi connectivity index (χ0v) is 20.8. The zero-order valence-electron chi connectivity index (χ0n) is 20.0. The average Bonchev–Trinajstić information content (AvgIpc) is 3.26. The van der Waals surface area contributed by atoms with Crippen molar-refractivity contribution in [2.24, 2.45) is 4.99 Å². The van der Waals surface area contributed by atoms with Gasteiger partial charge < -0.3 is 9.47 Å². The van der Waals surface area contributed by atoms with E-state index < -0.39 is 0 Å². The van der Waals surface area contributed by atoms with E-state index in [1.54, 1.807) is 17.5 Å². The van der Waals surface area contributed by atoms with E-state index in [2.05, 4.69) is 44.0 Å². The molecule has 2 aromatic heterocycles. The van der Waals surface area contributed by atoms with Gasteiger partial charge >= 0.3 is 0 Å². The summed E-state index contributed by atoms with van der Waals surface area (Å²) in [4.78, 5) is 15.0. The molecule has 0 unspecified atom stereocenters. The second-order valence-electron chi connectivity index (χ2n) is 8.47. The number of hydrogen-bond donors (Lipinski definition) is 0. The molecule has 0 aromatic carbocycles. The summed E-state index contributed by atoms with van der Waals surface area (Å²) in [6.07, 6.45) is 12.6. The molecule has 0 radical (unpaired) electrons. The Kier molecular flexibility index (Phi) is 7.23. The molecule has 0 bridgehead atoms. The van der Waals surface area contributed by atoms with E-state index in [-0.39, 0.29) is 6.10 Å². The maximum atomic E-state index is 6.10. The molecule has 0 amide bonds. The second-order valence-corrected chi connectivity index (χ2v) is 9.50. The topological polar surface area (TPSA) is 56.6 Å². The fourth-order valence-corrected chi connectivity index (χ4v) is 5.19. The summed E-state index contributed by atoms with van der Waals surface area (Å²) < 4.78 is 12.0. The number of allylic oxidation sites excluding steroid dienone is 5. The third-order valence-corrected chi connectivity index (χ3v) is 6.66. The zero-order chi connectivity index (χ0) is 23.4. The molecule has 6 heteroatoms. The van der Waals surface area contributed by atoms with Crippen LogP contribution in [-0.4, -0.2) is 28.6 Å². The molecule has 2 aliphatic rings. The van der Waals surface area contributed by atoms with Crippen LogP contribution in [0, 0.1) is 0 Å². The van der Waals surface area contributed by atoms with Gasteiger partial charge in [0.1, 0.15) is 5.01 Å². The molecule has 0 N–H and O–H groups in total. The van der Waals surface area contributed by atoms with Gasteiger partial charge in [-0.2, -0.15) is 0 Å². The van der Waals surface area contributed by atoms with E-state index in [0.29, 0.717) is 12.5 Å². The van der Waals surface area contributed by atoms with Crippen molar-refractivity contribution in [1.82, 2.24) is 9.97 Å². The van der Waals surface area contributed by atoms with Crippen LogP contribution in [0.3, 0.4) is 0 Å². The quantitative estimate of drug-likeness (QED) is 0.430. The maximum absolute atomic E-state index is 6.10. The number of ether oxygens (including phenoxy) is 2. The third-order valence-electron chi connectivity index (χ3n) is 5.55. The minimum absolute atomic E-state index is 0.141. The smallest absolute Gasteiger partial charge is 0.221 e. The Hall–Kier alpha value is -2.99. The summed E-state index contributed by atoms with van der Waals surface area (Å²) in [5.41, 5.74) is 6.88. The number of nitrogens with zero attached hydrogens (tertiary/aromatic N) is 3. The minimum atomic E-state index is 0.141. The van der Waals surface area contributed by atoms with Gasteiger partial charge in [-0.15, -0.1) is 11.3 Å². The van der Waals surface area contributed by atoms with Gasteiger partial charge in [0.15, 0.2) is 0 Å². The van der Waals surface area contributed by atoms with Crippen molar-refractivity contribution in [2.75, 3.05) is 6.61 Å². The Balaban J connectivity index is 1.88. The highest BCUT2D eigenvalue weighted by molar-refractivity contribution is 7.16. The van der Waals surface area contributed by atoms with Crippen molar-refractivity contribution >= 4 is 22.8 Å². The molecule has 4 heterocycles. The molecule has 0 fully saturated rings. The molecule has 5 nitrogen and oxygen atoms in total. The maximum Gasteiger partial charge on any atom is 0.221 e. The van der Waals surface area contributed by atoms with Crippen molar-refractivity contribution in [3.8, 4) is 10.6 Å². The Labute approximate surface area is 200 Å². The highest BCUT2D eigenvalue weighted by Crippen LogP contribution is 2.40. The fraction of sp³-hybridized carbons (Fsp3) is 0.370. The van der Waals surface area contributed by atoms with Crippen LogP contribution < -0.4 is 0 Å². The molecule has 0 saturated heterocycles. The highest BCUT2D eigenvalue weighted by Gasteiger charge is 2.27. The fourth-order valence-electron chi connectivity index (χ4n) is 4.20. The van der Waals surface area contributed by atoms with Crippen LogP contribution in [0.1, 0.15) is 58.8 Å². The van der Waals surface area contributed by atoms with E-state index in [9.17, 15) is 0 Å². The Morgan fingerprint density at radius 3 is 2.88 bits per heavy atom. The van der Waals surface area contributed by atoms with Crippen LogP contribution in [0.25, 0.3) is 16.1 Å². The van der Waals surface area contributed by atoms with Crippen molar-refractivity contribution in [3.05, 3.63) is 75.9 Å². The van der Waals surface area contributed by atoms with Crippen LogP contribution in [-0.2, 0) is 9.47 Å². The van der Waals surface area contributed by atoms with Gasteiger partial charge in [0.2, 0.25) is 5.90 Å². The number of rotatable bonds is 6. The minimum Gasteiger partial charge on any atom is -0.496 e. The Morgan fingerprint density at radius 2 is 2.15 bits per heavy atom. The van der Waals surface area contributed by atoms with Gasteiger partial charge in [0.05, 0.1) is 23.3 Å². The number of pyridine rings is 1.